The van der Waals surface area contributed by atoms with Crippen LogP contribution in [-0.2, 0) is 37.3 Å². The number of fused-ring (bicyclic) bond motifs is 3. The van der Waals surface area contributed by atoms with Crippen molar-refractivity contribution in [3.63, 3.8) is 0 Å². The smallest absolute Gasteiger partial charge is 0.286 e. The number of methoxy groups -OCH3 is 1. The Kier molecular flexibility index (Phi) is 12.0. The lowest BCUT2D eigenvalue weighted by atomic mass is 9.87. The van der Waals surface area contributed by atoms with Gasteiger partial charge in [-0.25, -0.2) is 8.42 Å². The molecule has 5 aromatic carbocycles. The molecule has 0 radical (unpaired) electrons. The number of aliphatic hydroxyl groups excluding tert-OH is 1. The molecule has 0 saturated carbocycles. The molecular formula is C44H44N4O8S. The summed E-state index contributed by atoms with van der Waals surface area (Å²) in [6.07, 6.45) is 2.08. The number of nitrogens with zero attached hydrogens (tertiary/aromatic N) is 1. The number of benzene rings is 5. The lowest BCUT2D eigenvalue weighted by Crippen LogP contribution is -2.38. The van der Waals surface area contributed by atoms with Crippen LogP contribution >= 0.6 is 0 Å². The maximum atomic E-state index is 13.8. The highest BCUT2D eigenvalue weighted by Gasteiger charge is 2.33. The van der Waals surface area contributed by atoms with E-state index in [1.807, 2.05) is 24.3 Å². The zero-order valence-electron chi connectivity index (χ0n) is 31.4. The number of hydrogen-bond donors (Lipinski definition) is 4. The maximum Gasteiger partial charge on any atom is 0.286 e. The third-order valence-corrected chi connectivity index (χ3v) is 12.0. The second-order valence-electron chi connectivity index (χ2n) is 13.7. The molecule has 0 spiro atoms. The molecule has 1 aliphatic heterocycles. The van der Waals surface area contributed by atoms with Crippen LogP contribution in [0.15, 0.2) is 132 Å². The van der Waals surface area contributed by atoms with E-state index >= 15 is 0 Å². The van der Waals surface area contributed by atoms with Crippen LogP contribution in [0.2, 0.25) is 0 Å². The van der Waals surface area contributed by atoms with E-state index in [9.17, 15) is 23.1 Å². The van der Waals surface area contributed by atoms with Crippen LogP contribution in [0.5, 0.6) is 5.75 Å². The van der Waals surface area contributed by atoms with Crippen LogP contribution in [0.1, 0.15) is 45.0 Å². The van der Waals surface area contributed by atoms with Crippen molar-refractivity contribution in [1.82, 2.24) is 9.62 Å². The van der Waals surface area contributed by atoms with Crippen molar-refractivity contribution in [2.75, 3.05) is 44.5 Å². The fourth-order valence-electron chi connectivity index (χ4n) is 7.16. The van der Waals surface area contributed by atoms with Crippen molar-refractivity contribution in [3.8, 4) is 16.9 Å². The molecule has 1 aliphatic carbocycles. The number of hydrogen-bond acceptors (Lipinski definition) is 9. The van der Waals surface area contributed by atoms with Crippen molar-refractivity contribution < 1.29 is 37.3 Å². The number of allylic oxidation sites excluding steroid dienone is 1. The third kappa shape index (κ3) is 8.87. The van der Waals surface area contributed by atoms with Crippen LogP contribution < -0.4 is 21.1 Å². The predicted molar refractivity (Wildman–Crippen MR) is 217 cm³/mol. The van der Waals surface area contributed by atoms with Crippen LogP contribution in [0, 0.1) is 0 Å². The minimum atomic E-state index is -3.97. The molecule has 2 amide bonds. The number of amides is 2. The highest BCUT2D eigenvalue weighted by atomic mass is 32.2. The molecule has 1 heterocycles. The van der Waals surface area contributed by atoms with E-state index < -0.39 is 22.2 Å². The van der Waals surface area contributed by atoms with Crippen LogP contribution in [-0.4, -0.2) is 69.3 Å². The van der Waals surface area contributed by atoms with Crippen LogP contribution in [0.25, 0.3) is 11.1 Å². The van der Waals surface area contributed by atoms with E-state index in [1.54, 1.807) is 60.7 Å². The van der Waals surface area contributed by atoms with Gasteiger partial charge in [-0.1, -0.05) is 66.7 Å². The average Bonchev–Trinajstić information content (AvgIpc) is 3.62. The first-order valence-corrected chi connectivity index (χ1v) is 20.1. The second-order valence-corrected chi connectivity index (χ2v) is 15.7. The quantitative estimate of drug-likeness (QED) is 0.0936. The van der Waals surface area contributed by atoms with Gasteiger partial charge in [-0.05, 0) is 94.4 Å². The van der Waals surface area contributed by atoms with Gasteiger partial charge in [0.1, 0.15) is 5.75 Å². The number of aliphatic hydroxyl groups is 1. The molecule has 0 bridgehead atoms. The van der Waals surface area contributed by atoms with Crippen molar-refractivity contribution >= 4 is 33.2 Å². The number of carbonyl (C=O) groups excluding carboxylic acids is 2. The molecule has 5 N–H and O–H groups in total. The van der Waals surface area contributed by atoms with Crippen molar-refractivity contribution in [1.29, 1.82) is 0 Å². The Balaban J connectivity index is 1.06. The number of nitrogens with one attached hydrogen (secondary N) is 2. The fraction of sp³-hybridized carbons (Fsp3) is 0.227. The topological polar surface area (TPSA) is 170 Å². The number of sulfonamides is 1. The van der Waals surface area contributed by atoms with Gasteiger partial charge in [-0.15, -0.1) is 0 Å². The highest BCUT2D eigenvalue weighted by molar-refractivity contribution is 7.89. The first kappa shape index (κ1) is 39.3. The van der Waals surface area contributed by atoms with E-state index in [0.29, 0.717) is 29.1 Å². The SMILES string of the molecule is COc1ccc(S(=O)(=O)N(CCO)CCO[C@@H]2C[C@H](c3cccc4c3Cc3ccccc3-4)C=C(C(=O)NCc3ccc(C(=O)Nc4ccccc4N)cc3)O2)cc1. The van der Waals surface area contributed by atoms with Crippen LogP contribution in [0.3, 0.4) is 0 Å². The molecule has 2 aliphatic rings. The monoisotopic (exact) mass is 788 g/mol. The number of ether oxygens (including phenoxy) is 3. The molecule has 0 aromatic heterocycles. The van der Waals surface area contributed by atoms with Gasteiger partial charge in [0.15, 0.2) is 5.76 Å². The number of para-hydroxylation sites is 2. The van der Waals surface area contributed by atoms with Gasteiger partial charge in [0.05, 0.1) is 36.6 Å². The number of nitrogen functional groups attached to an aromatic ring is 1. The Morgan fingerprint density at radius 1 is 0.877 bits per heavy atom. The molecule has 13 heteroatoms. The minimum absolute atomic E-state index is 0.0572. The number of carbonyl (C=O) groups is 2. The van der Waals surface area contributed by atoms with E-state index in [0.717, 1.165) is 27.4 Å². The molecule has 0 saturated heterocycles. The first-order chi connectivity index (χ1) is 27.6. The summed E-state index contributed by atoms with van der Waals surface area (Å²) in [6, 6.07) is 34.4. The molecule has 12 nitrogen and oxygen atoms in total. The molecule has 7 rings (SSSR count). The lowest BCUT2D eigenvalue weighted by Gasteiger charge is -2.31. The van der Waals surface area contributed by atoms with Gasteiger partial charge in [0.2, 0.25) is 16.3 Å². The standard InChI is InChI=1S/C44H44N4O8S/c1-54-33-17-19-34(20-18-33)57(52,53)48(21-23-49)22-24-55-42-27-32(36-9-6-10-37-35-8-3-2-7-31(35)25-38(36)37)26-41(56-42)44(51)46-28-29-13-15-30(16-14-29)43(50)47-40-12-5-4-11-39(40)45/h2-20,26,32,42,49H,21-25,27-28,45H2,1H3,(H,46,51)(H,47,50)/t32-,42+/m1/s1. The van der Waals surface area contributed by atoms with E-state index in [4.69, 9.17) is 19.9 Å². The molecule has 0 unspecified atom stereocenters. The number of anilines is 2. The predicted octanol–water partition coefficient (Wildman–Crippen LogP) is 5.83. The molecule has 0 fully saturated rings. The Morgan fingerprint density at radius 3 is 2.37 bits per heavy atom. The lowest BCUT2D eigenvalue weighted by molar-refractivity contribution is -0.146. The van der Waals surface area contributed by atoms with Crippen molar-refractivity contribution in [2.24, 2.45) is 0 Å². The fourth-order valence-corrected chi connectivity index (χ4v) is 8.57. The zero-order valence-corrected chi connectivity index (χ0v) is 32.2. The summed E-state index contributed by atoms with van der Waals surface area (Å²) >= 11 is 0. The van der Waals surface area contributed by atoms with Crippen LogP contribution in [0.4, 0.5) is 11.4 Å². The van der Waals surface area contributed by atoms with Gasteiger partial charge in [0.25, 0.3) is 11.8 Å². The average molecular weight is 789 g/mol. The number of rotatable bonds is 15. The summed E-state index contributed by atoms with van der Waals surface area (Å²) < 4.78 is 45.7. The van der Waals surface area contributed by atoms with E-state index in [1.165, 1.54) is 35.9 Å². The first-order valence-electron chi connectivity index (χ1n) is 18.6. The van der Waals surface area contributed by atoms with Gasteiger partial charge >= 0.3 is 0 Å². The van der Waals surface area contributed by atoms with Gasteiger partial charge < -0.3 is 35.7 Å². The molecule has 294 valence electrons. The Bertz CT molecular complexity index is 2380. The summed E-state index contributed by atoms with van der Waals surface area (Å²) in [5.74, 6) is -0.409. The summed E-state index contributed by atoms with van der Waals surface area (Å²) in [7, 11) is -2.47. The largest absolute Gasteiger partial charge is 0.497 e. The van der Waals surface area contributed by atoms with Gasteiger partial charge in [0, 0.05) is 37.5 Å². The zero-order chi connectivity index (χ0) is 39.9. The summed E-state index contributed by atoms with van der Waals surface area (Å²) in [5.41, 5.74) is 14.0. The molecule has 2 atom stereocenters. The summed E-state index contributed by atoms with van der Waals surface area (Å²) in [5, 5.41) is 15.5. The maximum absolute atomic E-state index is 13.8. The second kappa shape index (κ2) is 17.4. The summed E-state index contributed by atoms with van der Waals surface area (Å²) in [6.45, 7) is -0.475. The van der Waals surface area contributed by atoms with Crippen molar-refractivity contribution in [3.05, 3.63) is 155 Å². The van der Waals surface area contributed by atoms with E-state index in [-0.39, 0.29) is 55.3 Å². The van der Waals surface area contributed by atoms with Gasteiger partial charge in [-0.2, -0.15) is 4.31 Å². The highest BCUT2D eigenvalue weighted by Crippen LogP contribution is 2.43. The Labute approximate surface area is 331 Å². The minimum Gasteiger partial charge on any atom is -0.497 e. The van der Waals surface area contributed by atoms with Crippen molar-refractivity contribution in [2.45, 2.75) is 36.5 Å². The Morgan fingerprint density at radius 2 is 1.61 bits per heavy atom. The molecular weight excluding hydrogens is 745 g/mol. The number of nitrogens with two attached hydrogens (primary N) is 1. The third-order valence-electron chi connectivity index (χ3n) is 10.1. The van der Waals surface area contributed by atoms with E-state index in [2.05, 4.69) is 34.9 Å². The molecule has 57 heavy (non-hydrogen) atoms. The van der Waals surface area contributed by atoms with Gasteiger partial charge in [-0.3, -0.25) is 9.59 Å². The molecule has 5 aromatic rings. The normalized spacial score (nSPS) is 15.9. The Hall–Kier alpha value is -5.99. The summed E-state index contributed by atoms with van der Waals surface area (Å²) in [4.78, 5) is 26.6.